The van der Waals surface area contributed by atoms with Gasteiger partial charge in [0.05, 0.1) is 6.42 Å². The maximum absolute atomic E-state index is 12.1. The topological polar surface area (TPSA) is 78.4 Å². The maximum Gasteiger partial charge on any atom is 0.315 e. The number of hydrogen-bond donors (Lipinski definition) is 3. The molecule has 5 heteroatoms. The molecule has 2 amide bonds. The van der Waals surface area contributed by atoms with Gasteiger partial charge in [0.15, 0.2) is 0 Å². The molecule has 0 aromatic rings. The molecule has 1 aliphatic rings. The first-order valence-corrected chi connectivity index (χ1v) is 7.78. The summed E-state index contributed by atoms with van der Waals surface area (Å²) in [5.41, 5.74) is -0.0255. The molecular weight excluding hydrogens is 268 g/mol. The summed E-state index contributed by atoms with van der Waals surface area (Å²) >= 11 is 0. The highest BCUT2D eigenvalue weighted by atomic mass is 16.4. The average Bonchev–Trinajstić information content (AvgIpc) is 2.24. The van der Waals surface area contributed by atoms with Gasteiger partial charge in [-0.05, 0) is 30.1 Å². The van der Waals surface area contributed by atoms with Crippen LogP contribution in [-0.2, 0) is 4.79 Å². The number of nitrogens with one attached hydrogen (secondary N) is 2. The monoisotopic (exact) mass is 298 g/mol. The Morgan fingerprint density at radius 2 is 1.95 bits per heavy atom. The van der Waals surface area contributed by atoms with E-state index in [-0.39, 0.29) is 35.4 Å². The Morgan fingerprint density at radius 1 is 1.33 bits per heavy atom. The van der Waals surface area contributed by atoms with Crippen LogP contribution in [0.15, 0.2) is 0 Å². The quantitative estimate of drug-likeness (QED) is 0.746. The van der Waals surface area contributed by atoms with Gasteiger partial charge >= 0.3 is 12.0 Å². The van der Waals surface area contributed by atoms with Gasteiger partial charge in [-0.3, -0.25) is 4.79 Å². The fraction of sp³-hybridized carbons (Fsp3) is 0.875. The summed E-state index contributed by atoms with van der Waals surface area (Å²) in [6, 6.07) is -0.454. The molecule has 2 atom stereocenters. The Labute approximate surface area is 127 Å². The Balaban J connectivity index is 2.56. The summed E-state index contributed by atoms with van der Waals surface area (Å²) in [4.78, 5) is 23.1. The molecule has 1 aliphatic carbocycles. The highest BCUT2D eigenvalue weighted by molar-refractivity contribution is 5.76. The molecule has 0 bridgehead atoms. The van der Waals surface area contributed by atoms with Gasteiger partial charge in [-0.2, -0.15) is 0 Å². The van der Waals surface area contributed by atoms with Gasteiger partial charge in [-0.15, -0.1) is 0 Å². The largest absolute Gasteiger partial charge is 0.481 e. The molecule has 21 heavy (non-hydrogen) atoms. The molecule has 0 radical (unpaired) electrons. The van der Waals surface area contributed by atoms with Crippen molar-refractivity contribution < 1.29 is 14.7 Å². The number of aliphatic carboxylic acids is 1. The summed E-state index contributed by atoms with van der Waals surface area (Å²) < 4.78 is 0. The first-order valence-electron chi connectivity index (χ1n) is 7.78. The Hall–Kier alpha value is -1.26. The van der Waals surface area contributed by atoms with Crippen molar-refractivity contribution >= 4 is 12.0 Å². The number of carboxylic acids is 1. The van der Waals surface area contributed by atoms with Crippen molar-refractivity contribution in [3.63, 3.8) is 0 Å². The first kappa shape index (κ1) is 17.8. The molecule has 3 N–H and O–H groups in total. The number of carboxylic acid groups (broad SMARTS) is 1. The lowest BCUT2D eigenvalue weighted by atomic mass is 9.75. The molecule has 0 aromatic carbocycles. The van der Waals surface area contributed by atoms with Crippen LogP contribution in [0.25, 0.3) is 0 Å². The number of hydrogen-bond acceptors (Lipinski definition) is 2. The standard InChI is InChI=1S/C16H30N2O3/c1-15(2,3)12(9-13(19)20)18-14(21)17-11-7-6-8-16(4,5)10-11/h11-12H,6-10H2,1-5H3,(H,19,20)(H2,17,18,21). The SMILES string of the molecule is CC1(C)CCCC(NC(=O)NC(CC(=O)O)C(C)(C)C)C1. The van der Waals surface area contributed by atoms with Gasteiger partial charge in [0.1, 0.15) is 0 Å². The van der Waals surface area contributed by atoms with Crippen molar-refractivity contribution in [1.82, 2.24) is 10.6 Å². The van der Waals surface area contributed by atoms with Crippen LogP contribution in [0.1, 0.15) is 66.7 Å². The number of rotatable bonds is 4. The minimum absolute atomic E-state index is 0.0624. The molecule has 1 fully saturated rings. The van der Waals surface area contributed by atoms with Crippen LogP contribution in [0.2, 0.25) is 0 Å². The van der Waals surface area contributed by atoms with Gasteiger partial charge < -0.3 is 15.7 Å². The molecule has 5 nitrogen and oxygen atoms in total. The third-order valence-electron chi connectivity index (χ3n) is 4.27. The number of amides is 2. The average molecular weight is 298 g/mol. The molecule has 0 aliphatic heterocycles. The summed E-state index contributed by atoms with van der Waals surface area (Å²) in [6.07, 6.45) is 4.22. The third kappa shape index (κ3) is 6.36. The minimum Gasteiger partial charge on any atom is -0.481 e. The highest BCUT2D eigenvalue weighted by Gasteiger charge is 2.31. The van der Waals surface area contributed by atoms with E-state index in [1.54, 1.807) is 0 Å². The normalized spacial score (nSPS) is 23.2. The molecule has 2 unspecified atom stereocenters. The summed E-state index contributed by atoms with van der Waals surface area (Å²) in [7, 11) is 0. The Bertz CT molecular complexity index is 385. The van der Waals surface area contributed by atoms with E-state index < -0.39 is 5.97 Å². The van der Waals surface area contributed by atoms with Gasteiger partial charge in [0.25, 0.3) is 0 Å². The molecule has 0 spiro atoms. The van der Waals surface area contributed by atoms with Crippen LogP contribution in [0.4, 0.5) is 4.79 Å². The Kier molecular flexibility index (Phi) is 5.65. The van der Waals surface area contributed by atoms with E-state index in [2.05, 4.69) is 24.5 Å². The van der Waals surface area contributed by atoms with E-state index in [1.165, 1.54) is 6.42 Å². The lowest BCUT2D eigenvalue weighted by molar-refractivity contribution is -0.138. The van der Waals surface area contributed by atoms with Gasteiger partial charge in [-0.25, -0.2) is 4.79 Å². The second-order valence-corrected chi connectivity index (χ2v) is 8.09. The van der Waals surface area contributed by atoms with Crippen LogP contribution in [0.5, 0.6) is 0 Å². The summed E-state index contributed by atoms with van der Waals surface area (Å²) in [5.74, 6) is -0.894. The molecule has 1 rings (SSSR count). The predicted octanol–water partition coefficient (Wildman–Crippen LogP) is 3.14. The number of carbonyl (C=O) groups is 2. The lowest BCUT2D eigenvalue weighted by Crippen LogP contribution is -2.52. The van der Waals surface area contributed by atoms with Crippen molar-refractivity contribution in [3.05, 3.63) is 0 Å². The van der Waals surface area contributed by atoms with Crippen LogP contribution in [-0.4, -0.2) is 29.2 Å². The van der Waals surface area contributed by atoms with Crippen LogP contribution in [0.3, 0.4) is 0 Å². The molecule has 122 valence electrons. The van der Waals surface area contributed by atoms with E-state index in [4.69, 9.17) is 5.11 Å². The molecule has 0 saturated heterocycles. The molecular formula is C16H30N2O3. The van der Waals surface area contributed by atoms with Crippen molar-refractivity contribution in [2.75, 3.05) is 0 Å². The molecule has 0 aromatic heterocycles. The second kappa shape index (κ2) is 6.67. The summed E-state index contributed by atoms with van der Waals surface area (Å²) in [6.45, 7) is 10.3. The van der Waals surface area contributed by atoms with Crippen LogP contribution >= 0.6 is 0 Å². The first-order chi connectivity index (χ1) is 9.49. The van der Waals surface area contributed by atoms with Gasteiger partial charge in [-0.1, -0.05) is 41.0 Å². The van der Waals surface area contributed by atoms with Crippen LogP contribution in [0, 0.1) is 10.8 Å². The summed E-state index contributed by atoms with van der Waals surface area (Å²) in [5, 5.41) is 14.8. The highest BCUT2D eigenvalue weighted by Crippen LogP contribution is 2.35. The number of carbonyl (C=O) groups excluding carboxylic acids is 1. The van der Waals surface area contributed by atoms with E-state index >= 15 is 0 Å². The predicted molar refractivity (Wildman–Crippen MR) is 83.2 cm³/mol. The van der Waals surface area contributed by atoms with Crippen molar-refractivity contribution in [2.45, 2.75) is 78.8 Å². The van der Waals surface area contributed by atoms with Crippen LogP contribution < -0.4 is 10.6 Å². The van der Waals surface area contributed by atoms with Crippen molar-refractivity contribution in [3.8, 4) is 0 Å². The smallest absolute Gasteiger partial charge is 0.315 e. The number of urea groups is 1. The van der Waals surface area contributed by atoms with Gasteiger partial charge in [0, 0.05) is 12.1 Å². The zero-order chi connectivity index (χ0) is 16.3. The van der Waals surface area contributed by atoms with E-state index in [1.807, 2.05) is 20.8 Å². The van der Waals surface area contributed by atoms with Crippen molar-refractivity contribution in [2.24, 2.45) is 10.8 Å². The fourth-order valence-corrected chi connectivity index (χ4v) is 2.96. The minimum atomic E-state index is -0.894. The van der Waals surface area contributed by atoms with E-state index in [0.29, 0.717) is 0 Å². The maximum atomic E-state index is 12.1. The molecule has 1 saturated carbocycles. The zero-order valence-electron chi connectivity index (χ0n) is 14.0. The zero-order valence-corrected chi connectivity index (χ0v) is 14.0. The lowest BCUT2D eigenvalue weighted by Gasteiger charge is -2.36. The van der Waals surface area contributed by atoms with E-state index in [9.17, 15) is 9.59 Å². The molecule has 0 heterocycles. The van der Waals surface area contributed by atoms with Gasteiger partial charge in [0.2, 0.25) is 0 Å². The Morgan fingerprint density at radius 3 is 2.43 bits per heavy atom. The second-order valence-electron chi connectivity index (χ2n) is 8.09. The van der Waals surface area contributed by atoms with E-state index in [0.717, 1.165) is 19.3 Å². The fourth-order valence-electron chi connectivity index (χ4n) is 2.96. The third-order valence-corrected chi connectivity index (χ3v) is 4.27. The van der Waals surface area contributed by atoms with Crippen molar-refractivity contribution in [1.29, 1.82) is 0 Å².